The van der Waals surface area contributed by atoms with Gasteiger partial charge in [-0.2, -0.15) is 0 Å². The fraction of sp³-hybridized carbons (Fsp3) is 1.00. The molecule has 1 saturated heterocycles. The van der Waals surface area contributed by atoms with Gasteiger partial charge in [-0.1, -0.05) is 27.7 Å². The van der Waals surface area contributed by atoms with Gasteiger partial charge in [-0.25, -0.2) is 0 Å². The van der Waals surface area contributed by atoms with Gasteiger partial charge in [-0.15, -0.1) is 0 Å². The van der Waals surface area contributed by atoms with Crippen molar-refractivity contribution in [2.24, 2.45) is 11.3 Å². The van der Waals surface area contributed by atoms with E-state index in [0.29, 0.717) is 5.41 Å². The molecule has 16 heavy (non-hydrogen) atoms. The highest BCUT2D eigenvalue weighted by molar-refractivity contribution is 4.95. The molecule has 0 aromatic carbocycles. The molecular weight excluding hydrogens is 196 g/mol. The fourth-order valence-electron chi connectivity index (χ4n) is 3.99. The number of nitrogens with one attached hydrogen (secondary N) is 1. The first-order valence-corrected chi connectivity index (χ1v) is 7.00. The van der Waals surface area contributed by atoms with E-state index in [9.17, 15) is 0 Å². The number of hydrogen-bond acceptors (Lipinski definition) is 2. The van der Waals surface area contributed by atoms with Gasteiger partial charge in [0.1, 0.15) is 0 Å². The largest absolute Gasteiger partial charge is 0.315 e. The maximum atomic E-state index is 3.50. The molecule has 1 saturated carbocycles. The number of hydrogen-bond donors (Lipinski definition) is 1. The van der Waals surface area contributed by atoms with Crippen molar-refractivity contribution in [3.8, 4) is 0 Å². The van der Waals surface area contributed by atoms with Gasteiger partial charge in [0, 0.05) is 18.6 Å². The lowest BCUT2D eigenvalue weighted by molar-refractivity contribution is 0.122. The van der Waals surface area contributed by atoms with Crippen LogP contribution in [0.25, 0.3) is 0 Å². The lowest BCUT2D eigenvalue weighted by Crippen LogP contribution is -2.45. The zero-order valence-electron chi connectivity index (χ0n) is 11.4. The first-order valence-electron chi connectivity index (χ1n) is 7.00. The summed E-state index contributed by atoms with van der Waals surface area (Å²) in [5, 5.41) is 3.50. The molecule has 1 aliphatic heterocycles. The van der Waals surface area contributed by atoms with E-state index in [0.717, 1.165) is 18.0 Å². The lowest BCUT2D eigenvalue weighted by atomic mass is 9.91. The van der Waals surface area contributed by atoms with E-state index in [1.54, 1.807) is 0 Å². The minimum Gasteiger partial charge on any atom is -0.315 e. The average molecular weight is 224 g/mol. The van der Waals surface area contributed by atoms with Crippen LogP contribution in [0.15, 0.2) is 0 Å². The summed E-state index contributed by atoms with van der Waals surface area (Å²) in [4.78, 5) is 2.78. The highest BCUT2D eigenvalue weighted by Crippen LogP contribution is 2.43. The first-order chi connectivity index (χ1) is 7.53. The molecule has 3 unspecified atom stereocenters. The minimum atomic E-state index is 0.559. The molecule has 2 heteroatoms. The molecule has 94 valence electrons. The van der Waals surface area contributed by atoms with Gasteiger partial charge in [0.2, 0.25) is 0 Å². The van der Waals surface area contributed by atoms with E-state index >= 15 is 0 Å². The van der Waals surface area contributed by atoms with Gasteiger partial charge >= 0.3 is 0 Å². The molecule has 0 radical (unpaired) electrons. The van der Waals surface area contributed by atoms with Crippen LogP contribution < -0.4 is 5.32 Å². The Labute approximate surface area is 101 Å². The van der Waals surface area contributed by atoms with E-state index in [2.05, 4.69) is 37.9 Å². The minimum absolute atomic E-state index is 0.559. The predicted molar refractivity (Wildman–Crippen MR) is 69.6 cm³/mol. The number of rotatable bonds is 3. The van der Waals surface area contributed by atoms with Crippen molar-refractivity contribution in [1.29, 1.82) is 0 Å². The van der Waals surface area contributed by atoms with Crippen LogP contribution in [-0.2, 0) is 0 Å². The van der Waals surface area contributed by atoms with E-state index in [4.69, 9.17) is 0 Å². The van der Waals surface area contributed by atoms with Gasteiger partial charge in [-0.3, -0.25) is 4.90 Å². The molecule has 2 fully saturated rings. The molecule has 2 aliphatic rings. The molecule has 0 aromatic rings. The monoisotopic (exact) mass is 224 g/mol. The van der Waals surface area contributed by atoms with Crippen molar-refractivity contribution in [1.82, 2.24) is 10.2 Å². The smallest absolute Gasteiger partial charge is 0.0235 e. The van der Waals surface area contributed by atoms with Crippen LogP contribution in [0.1, 0.15) is 47.0 Å². The summed E-state index contributed by atoms with van der Waals surface area (Å²) >= 11 is 0. The average Bonchev–Trinajstić information content (AvgIpc) is 2.77. The second-order valence-electron chi connectivity index (χ2n) is 6.59. The van der Waals surface area contributed by atoms with Crippen molar-refractivity contribution >= 4 is 0 Å². The summed E-state index contributed by atoms with van der Waals surface area (Å²) in [6.07, 6.45) is 4.13. The van der Waals surface area contributed by atoms with E-state index in [-0.39, 0.29) is 0 Å². The summed E-state index contributed by atoms with van der Waals surface area (Å²) in [6, 6.07) is 1.62. The van der Waals surface area contributed by atoms with Crippen molar-refractivity contribution in [3.05, 3.63) is 0 Å². The number of nitrogens with zero attached hydrogens (tertiary/aromatic N) is 1. The van der Waals surface area contributed by atoms with Gasteiger partial charge in [0.25, 0.3) is 0 Å². The third kappa shape index (κ3) is 2.43. The summed E-state index contributed by atoms with van der Waals surface area (Å²) in [5.74, 6) is 0.871. The second-order valence-corrected chi connectivity index (χ2v) is 6.59. The Hall–Kier alpha value is -0.0800. The molecule has 0 aromatic heterocycles. The normalized spacial score (nSPS) is 38.4. The van der Waals surface area contributed by atoms with Gasteiger partial charge in [0.05, 0.1) is 0 Å². The lowest BCUT2D eigenvalue weighted by Gasteiger charge is -2.36. The van der Waals surface area contributed by atoms with Crippen LogP contribution in [0.5, 0.6) is 0 Å². The first kappa shape index (κ1) is 12.4. The topological polar surface area (TPSA) is 15.3 Å². The van der Waals surface area contributed by atoms with Crippen LogP contribution in [0, 0.1) is 11.3 Å². The highest BCUT2D eigenvalue weighted by atomic mass is 15.2. The third-order valence-corrected chi connectivity index (χ3v) is 4.59. The Balaban J connectivity index is 2.03. The molecule has 2 nitrogen and oxygen atoms in total. The molecule has 0 spiro atoms. The maximum Gasteiger partial charge on any atom is 0.0235 e. The van der Waals surface area contributed by atoms with Gasteiger partial charge in [0.15, 0.2) is 0 Å². The zero-order valence-corrected chi connectivity index (χ0v) is 11.4. The Morgan fingerprint density at radius 2 is 2.06 bits per heavy atom. The Bertz CT molecular complexity index is 231. The van der Waals surface area contributed by atoms with Crippen LogP contribution in [0.3, 0.4) is 0 Å². The van der Waals surface area contributed by atoms with Crippen molar-refractivity contribution < 1.29 is 0 Å². The fourth-order valence-corrected chi connectivity index (χ4v) is 3.99. The highest BCUT2D eigenvalue weighted by Gasteiger charge is 2.41. The SMILES string of the molecule is CCN(C1CCNC1)C1CC(C)(C)CC1C. The maximum absolute atomic E-state index is 3.50. The Morgan fingerprint density at radius 3 is 2.50 bits per heavy atom. The third-order valence-electron chi connectivity index (χ3n) is 4.59. The molecule has 1 N–H and O–H groups in total. The summed E-state index contributed by atoms with van der Waals surface area (Å²) < 4.78 is 0. The molecule has 1 heterocycles. The predicted octanol–water partition coefficient (Wildman–Crippen LogP) is 2.49. The quantitative estimate of drug-likeness (QED) is 0.792. The molecule has 0 bridgehead atoms. The van der Waals surface area contributed by atoms with Gasteiger partial charge < -0.3 is 5.32 Å². The molecular formula is C14H28N2. The van der Waals surface area contributed by atoms with Gasteiger partial charge in [-0.05, 0) is 43.7 Å². The van der Waals surface area contributed by atoms with Crippen LogP contribution >= 0.6 is 0 Å². The second kappa shape index (κ2) is 4.66. The molecule has 2 rings (SSSR count). The molecule has 3 atom stereocenters. The Morgan fingerprint density at radius 1 is 1.31 bits per heavy atom. The summed E-state index contributed by atoms with van der Waals surface area (Å²) in [6.45, 7) is 13.3. The standard InChI is InChI=1S/C14H28N2/c1-5-16(12-6-7-15-10-12)13-9-14(3,4)8-11(13)2/h11-13,15H,5-10H2,1-4H3. The molecule has 1 aliphatic carbocycles. The van der Waals surface area contributed by atoms with Crippen LogP contribution in [-0.4, -0.2) is 36.6 Å². The van der Waals surface area contributed by atoms with E-state index in [1.807, 2.05) is 0 Å². The van der Waals surface area contributed by atoms with E-state index < -0.39 is 0 Å². The van der Waals surface area contributed by atoms with Crippen LogP contribution in [0.2, 0.25) is 0 Å². The van der Waals surface area contributed by atoms with E-state index in [1.165, 1.54) is 38.9 Å². The Kier molecular flexibility index (Phi) is 3.60. The number of likely N-dealkylation sites (N-methyl/N-ethyl adjacent to an activating group) is 1. The zero-order chi connectivity index (χ0) is 11.8. The summed E-state index contributed by atoms with van der Waals surface area (Å²) in [5.41, 5.74) is 0.559. The van der Waals surface area contributed by atoms with Crippen LogP contribution in [0.4, 0.5) is 0 Å². The van der Waals surface area contributed by atoms with Crippen molar-refractivity contribution in [3.63, 3.8) is 0 Å². The summed E-state index contributed by atoms with van der Waals surface area (Å²) in [7, 11) is 0. The van der Waals surface area contributed by atoms with Crippen molar-refractivity contribution in [2.75, 3.05) is 19.6 Å². The van der Waals surface area contributed by atoms with Crippen molar-refractivity contribution in [2.45, 2.75) is 59.0 Å². The molecule has 0 amide bonds.